The van der Waals surface area contributed by atoms with E-state index in [0.717, 1.165) is 19.4 Å². The van der Waals surface area contributed by atoms with Gasteiger partial charge in [-0.25, -0.2) is 4.39 Å². The van der Waals surface area contributed by atoms with Gasteiger partial charge in [-0.2, -0.15) is 0 Å². The molecule has 2 rings (SSSR count). The summed E-state index contributed by atoms with van der Waals surface area (Å²) in [5, 5.41) is 3.59. The monoisotopic (exact) mass is 257 g/mol. The van der Waals surface area contributed by atoms with Gasteiger partial charge < -0.3 is 10.1 Å². The van der Waals surface area contributed by atoms with Crippen molar-refractivity contribution in [2.75, 3.05) is 20.2 Å². The molecule has 2 atom stereocenters. The first-order valence-electron chi connectivity index (χ1n) is 5.94. The Kier molecular flexibility index (Phi) is 4.37. The van der Waals surface area contributed by atoms with Gasteiger partial charge in [-0.05, 0) is 32.0 Å². The third-order valence-electron chi connectivity index (χ3n) is 3.20. The van der Waals surface area contributed by atoms with Crippen LogP contribution in [-0.4, -0.2) is 20.2 Å². The summed E-state index contributed by atoms with van der Waals surface area (Å²) in [4.78, 5) is 0. The molecule has 17 heavy (non-hydrogen) atoms. The van der Waals surface area contributed by atoms with E-state index in [1.54, 1.807) is 12.1 Å². The van der Waals surface area contributed by atoms with E-state index in [9.17, 15) is 4.39 Å². The third-order valence-corrected chi connectivity index (χ3v) is 3.52. The fourth-order valence-electron chi connectivity index (χ4n) is 2.42. The van der Waals surface area contributed by atoms with Gasteiger partial charge in [0.2, 0.25) is 0 Å². The van der Waals surface area contributed by atoms with Gasteiger partial charge in [-0.1, -0.05) is 17.7 Å². The van der Waals surface area contributed by atoms with Crippen molar-refractivity contribution in [1.29, 1.82) is 0 Å². The molecule has 2 nitrogen and oxygen atoms in total. The fourth-order valence-corrected chi connectivity index (χ4v) is 2.69. The van der Waals surface area contributed by atoms with Gasteiger partial charge in [0.1, 0.15) is 5.82 Å². The van der Waals surface area contributed by atoms with Gasteiger partial charge in [0.15, 0.2) is 0 Å². The number of nitrogens with one attached hydrogen (secondary N) is 1. The van der Waals surface area contributed by atoms with E-state index in [1.807, 2.05) is 7.05 Å². The zero-order valence-corrected chi connectivity index (χ0v) is 10.6. The minimum atomic E-state index is -0.273. The standard InChI is InChI=1S/C13H17ClFNO/c1-16-8-9-4-3-7-17-13(9)12-10(14)5-2-6-11(12)15/h2,5-6,9,13,16H,3-4,7-8H2,1H3. The van der Waals surface area contributed by atoms with Crippen LogP contribution in [0.3, 0.4) is 0 Å². The molecule has 1 aromatic carbocycles. The molecule has 1 aliphatic heterocycles. The predicted molar refractivity (Wildman–Crippen MR) is 66.8 cm³/mol. The van der Waals surface area contributed by atoms with Gasteiger partial charge in [-0.3, -0.25) is 0 Å². The predicted octanol–water partition coefficient (Wildman–Crippen LogP) is 3.17. The Morgan fingerprint density at radius 3 is 3.06 bits per heavy atom. The molecule has 0 aromatic heterocycles. The van der Waals surface area contributed by atoms with Gasteiger partial charge in [0, 0.05) is 29.7 Å². The van der Waals surface area contributed by atoms with Gasteiger partial charge in [-0.15, -0.1) is 0 Å². The Bertz CT molecular complexity index is 363. The molecule has 1 aromatic rings. The lowest BCUT2D eigenvalue weighted by atomic mass is 9.89. The average molecular weight is 258 g/mol. The summed E-state index contributed by atoms with van der Waals surface area (Å²) in [6, 6.07) is 4.78. The van der Waals surface area contributed by atoms with Crippen LogP contribution in [-0.2, 0) is 4.74 Å². The summed E-state index contributed by atoms with van der Waals surface area (Å²) in [6.07, 6.45) is 1.83. The van der Waals surface area contributed by atoms with Crippen LogP contribution in [0.1, 0.15) is 24.5 Å². The molecular weight excluding hydrogens is 241 g/mol. The van der Waals surface area contributed by atoms with Gasteiger partial charge in [0.25, 0.3) is 0 Å². The minimum absolute atomic E-state index is 0.232. The quantitative estimate of drug-likeness (QED) is 0.898. The Morgan fingerprint density at radius 2 is 2.35 bits per heavy atom. The lowest BCUT2D eigenvalue weighted by Gasteiger charge is -2.32. The summed E-state index contributed by atoms with van der Waals surface area (Å²) in [5.74, 6) is 0.00801. The minimum Gasteiger partial charge on any atom is -0.373 e. The molecule has 1 saturated heterocycles. The molecule has 94 valence electrons. The second-order valence-electron chi connectivity index (χ2n) is 4.39. The third kappa shape index (κ3) is 2.79. The van der Waals surface area contributed by atoms with E-state index >= 15 is 0 Å². The van der Waals surface area contributed by atoms with Gasteiger partial charge in [0.05, 0.1) is 6.10 Å². The molecule has 0 aliphatic carbocycles. The van der Waals surface area contributed by atoms with E-state index < -0.39 is 0 Å². The van der Waals surface area contributed by atoms with Crippen LogP contribution in [0.15, 0.2) is 18.2 Å². The second-order valence-corrected chi connectivity index (χ2v) is 4.79. The number of rotatable bonds is 3. The molecule has 4 heteroatoms. The molecule has 0 radical (unpaired) electrons. The molecular formula is C13H17ClFNO. The van der Waals surface area contributed by atoms with Crippen LogP contribution in [0.25, 0.3) is 0 Å². The average Bonchev–Trinajstić information content (AvgIpc) is 2.31. The Labute approximate surface area is 106 Å². The summed E-state index contributed by atoms with van der Waals surface area (Å²) >= 11 is 6.09. The summed E-state index contributed by atoms with van der Waals surface area (Å²) in [5.41, 5.74) is 0.508. The lowest BCUT2D eigenvalue weighted by Crippen LogP contribution is -2.31. The maximum atomic E-state index is 13.9. The zero-order valence-electron chi connectivity index (χ0n) is 9.88. The van der Waals surface area contributed by atoms with Crippen LogP contribution in [0.5, 0.6) is 0 Å². The largest absolute Gasteiger partial charge is 0.373 e. The maximum absolute atomic E-state index is 13.9. The lowest BCUT2D eigenvalue weighted by molar-refractivity contribution is -0.0290. The van der Waals surface area contributed by atoms with Crippen LogP contribution in [0.4, 0.5) is 4.39 Å². The number of ether oxygens (including phenoxy) is 1. The van der Waals surface area contributed by atoms with E-state index in [-0.39, 0.29) is 17.8 Å². The highest BCUT2D eigenvalue weighted by Gasteiger charge is 2.30. The smallest absolute Gasteiger partial charge is 0.130 e. The Morgan fingerprint density at radius 1 is 1.53 bits per heavy atom. The normalized spacial score (nSPS) is 24.9. The molecule has 2 unspecified atom stereocenters. The molecule has 1 heterocycles. The van der Waals surface area contributed by atoms with Crippen molar-refractivity contribution < 1.29 is 9.13 Å². The van der Waals surface area contributed by atoms with Crippen molar-refractivity contribution in [2.24, 2.45) is 5.92 Å². The highest BCUT2D eigenvalue weighted by atomic mass is 35.5. The second kappa shape index (κ2) is 5.80. The highest BCUT2D eigenvalue weighted by Crippen LogP contribution is 2.37. The van der Waals surface area contributed by atoms with Crippen molar-refractivity contribution in [2.45, 2.75) is 18.9 Å². The van der Waals surface area contributed by atoms with E-state index in [4.69, 9.17) is 16.3 Å². The van der Waals surface area contributed by atoms with Crippen molar-refractivity contribution >= 4 is 11.6 Å². The molecule has 0 bridgehead atoms. The van der Waals surface area contributed by atoms with E-state index in [0.29, 0.717) is 17.2 Å². The molecule has 0 amide bonds. The number of benzene rings is 1. The van der Waals surface area contributed by atoms with Crippen molar-refractivity contribution in [3.05, 3.63) is 34.6 Å². The first-order chi connectivity index (χ1) is 8.24. The van der Waals surface area contributed by atoms with Crippen molar-refractivity contribution in [1.82, 2.24) is 5.32 Å². The number of halogens is 2. The van der Waals surface area contributed by atoms with Crippen LogP contribution in [0.2, 0.25) is 5.02 Å². The van der Waals surface area contributed by atoms with E-state index in [2.05, 4.69) is 5.32 Å². The van der Waals surface area contributed by atoms with Crippen LogP contribution >= 0.6 is 11.6 Å². The first-order valence-corrected chi connectivity index (χ1v) is 6.32. The topological polar surface area (TPSA) is 21.3 Å². The summed E-state index contributed by atoms with van der Waals surface area (Å²) < 4.78 is 19.6. The Hall–Kier alpha value is -0.640. The molecule has 1 aliphatic rings. The van der Waals surface area contributed by atoms with Crippen molar-refractivity contribution in [3.8, 4) is 0 Å². The maximum Gasteiger partial charge on any atom is 0.130 e. The van der Waals surface area contributed by atoms with Crippen LogP contribution < -0.4 is 5.32 Å². The Balaban J connectivity index is 2.29. The number of hydrogen-bond donors (Lipinski definition) is 1. The fraction of sp³-hybridized carbons (Fsp3) is 0.538. The molecule has 1 fully saturated rings. The SMILES string of the molecule is CNCC1CCCOC1c1c(F)cccc1Cl. The molecule has 1 N–H and O–H groups in total. The highest BCUT2D eigenvalue weighted by molar-refractivity contribution is 6.31. The van der Waals surface area contributed by atoms with Crippen LogP contribution in [0, 0.1) is 11.7 Å². The molecule has 0 spiro atoms. The van der Waals surface area contributed by atoms with Crippen molar-refractivity contribution in [3.63, 3.8) is 0 Å². The number of hydrogen-bond acceptors (Lipinski definition) is 2. The first kappa shape index (κ1) is 12.8. The van der Waals surface area contributed by atoms with E-state index in [1.165, 1.54) is 6.07 Å². The zero-order chi connectivity index (χ0) is 12.3. The summed E-state index contributed by atoms with van der Waals surface area (Å²) in [6.45, 7) is 1.49. The molecule has 0 saturated carbocycles. The summed E-state index contributed by atoms with van der Waals surface area (Å²) in [7, 11) is 1.90. The van der Waals surface area contributed by atoms with Gasteiger partial charge >= 0.3 is 0 Å².